The van der Waals surface area contributed by atoms with Crippen molar-refractivity contribution in [3.63, 3.8) is 0 Å². The number of thiocarbonyl (C=S) groups is 1. The lowest BCUT2D eigenvalue weighted by Crippen LogP contribution is -2.34. The van der Waals surface area contributed by atoms with E-state index in [1.807, 2.05) is 47.4 Å². The van der Waals surface area contributed by atoms with Crippen LogP contribution in [0, 0.1) is 0 Å². The van der Waals surface area contributed by atoms with Gasteiger partial charge in [0.15, 0.2) is 5.11 Å². The van der Waals surface area contributed by atoms with Crippen LogP contribution in [0.25, 0.3) is 0 Å². The summed E-state index contributed by atoms with van der Waals surface area (Å²) in [6.07, 6.45) is 1.83. The van der Waals surface area contributed by atoms with Crippen LogP contribution in [0.2, 0.25) is 4.34 Å². The zero-order valence-corrected chi connectivity index (χ0v) is 14.6. The van der Waals surface area contributed by atoms with E-state index in [1.165, 1.54) is 0 Å². The van der Waals surface area contributed by atoms with Crippen molar-refractivity contribution >= 4 is 46.0 Å². The Kier molecular flexibility index (Phi) is 6.24. The van der Waals surface area contributed by atoms with Gasteiger partial charge in [-0.05, 0) is 48.6 Å². The highest BCUT2D eigenvalue weighted by Crippen LogP contribution is 2.23. The van der Waals surface area contributed by atoms with Crippen LogP contribution in [0.15, 0.2) is 49.1 Å². The normalized spacial score (nSPS) is 10.1. The quantitative estimate of drug-likeness (QED) is 0.596. The first-order valence-corrected chi connectivity index (χ1v) is 8.27. The van der Waals surface area contributed by atoms with E-state index in [1.54, 1.807) is 18.4 Å². The molecule has 0 saturated heterocycles. The first kappa shape index (κ1) is 16.8. The average molecular weight is 353 g/mol. The number of thiophene rings is 1. The molecule has 6 heteroatoms. The number of nitrogens with one attached hydrogen (secondary N) is 1. The van der Waals surface area contributed by atoms with Gasteiger partial charge in [0.25, 0.3) is 0 Å². The highest BCUT2D eigenvalue weighted by atomic mass is 35.5. The maximum absolute atomic E-state index is 5.98. The molecule has 0 spiro atoms. The summed E-state index contributed by atoms with van der Waals surface area (Å²) >= 11 is 13.0. The van der Waals surface area contributed by atoms with Crippen LogP contribution in [-0.2, 0) is 6.54 Å². The number of hydrogen-bond acceptors (Lipinski definition) is 3. The monoisotopic (exact) mass is 352 g/mol. The molecule has 1 N–H and O–H groups in total. The van der Waals surface area contributed by atoms with E-state index >= 15 is 0 Å². The van der Waals surface area contributed by atoms with E-state index in [2.05, 4.69) is 11.9 Å². The SMILES string of the molecule is C=CCN(Cc1ccc(Cl)s1)C(=S)Nc1ccc(OC)cc1. The topological polar surface area (TPSA) is 24.5 Å². The molecule has 0 bridgehead atoms. The summed E-state index contributed by atoms with van der Waals surface area (Å²) in [5.74, 6) is 0.813. The van der Waals surface area contributed by atoms with Gasteiger partial charge in [-0.1, -0.05) is 17.7 Å². The van der Waals surface area contributed by atoms with Crippen molar-refractivity contribution < 1.29 is 4.74 Å². The number of rotatable bonds is 6. The Balaban J connectivity index is 2.03. The lowest BCUT2D eigenvalue weighted by molar-refractivity contribution is 0.415. The summed E-state index contributed by atoms with van der Waals surface area (Å²) < 4.78 is 5.93. The highest BCUT2D eigenvalue weighted by Gasteiger charge is 2.11. The Hall–Kier alpha value is -1.56. The molecular formula is C16H17ClN2OS2. The molecule has 0 atom stereocenters. The molecule has 0 amide bonds. The van der Waals surface area contributed by atoms with Crippen LogP contribution in [0.5, 0.6) is 5.75 Å². The van der Waals surface area contributed by atoms with Crippen LogP contribution >= 0.6 is 35.2 Å². The lowest BCUT2D eigenvalue weighted by Gasteiger charge is -2.24. The van der Waals surface area contributed by atoms with E-state index in [4.69, 9.17) is 28.6 Å². The number of hydrogen-bond donors (Lipinski definition) is 1. The minimum absolute atomic E-state index is 0.648. The zero-order chi connectivity index (χ0) is 15.9. The van der Waals surface area contributed by atoms with Crippen LogP contribution < -0.4 is 10.1 Å². The predicted octanol–water partition coefficient (Wildman–Crippen LogP) is 4.80. The fourth-order valence-corrected chi connectivity index (χ4v) is 3.24. The van der Waals surface area contributed by atoms with Gasteiger partial charge in [-0.3, -0.25) is 0 Å². The number of benzene rings is 1. The van der Waals surface area contributed by atoms with Gasteiger partial charge in [0, 0.05) is 17.1 Å². The number of ether oxygens (including phenoxy) is 1. The molecule has 1 aromatic carbocycles. The summed E-state index contributed by atoms with van der Waals surface area (Å²) in [6.45, 7) is 5.16. The fourth-order valence-electron chi connectivity index (χ4n) is 1.88. The standard InChI is InChI=1S/C16H17ClN2OS2/c1-3-10-19(11-14-8-9-15(17)22-14)16(21)18-12-4-6-13(20-2)7-5-12/h3-9H,1,10-11H2,2H3,(H,18,21). The van der Waals surface area contributed by atoms with Crippen LogP contribution in [0.1, 0.15) is 4.88 Å². The second kappa shape index (κ2) is 8.17. The molecular weight excluding hydrogens is 336 g/mol. The van der Waals surface area contributed by atoms with Crippen molar-refractivity contribution in [2.75, 3.05) is 19.0 Å². The Labute approximate surface area is 145 Å². The number of anilines is 1. The number of methoxy groups -OCH3 is 1. The molecule has 0 saturated carbocycles. The van der Waals surface area contributed by atoms with Gasteiger partial charge < -0.3 is 15.0 Å². The van der Waals surface area contributed by atoms with Crippen molar-refractivity contribution in [1.29, 1.82) is 0 Å². The molecule has 0 radical (unpaired) electrons. The third kappa shape index (κ3) is 4.73. The summed E-state index contributed by atoms with van der Waals surface area (Å²) in [5, 5.41) is 3.88. The Morgan fingerprint density at radius 1 is 1.36 bits per heavy atom. The van der Waals surface area contributed by atoms with Crippen LogP contribution in [0.4, 0.5) is 5.69 Å². The van der Waals surface area contributed by atoms with E-state index in [0.29, 0.717) is 18.2 Å². The van der Waals surface area contributed by atoms with E-state index < -0.39 is 0 Å². The van der Waals surface area contributed by atoms with Gasteiger partial charge in [0.05, 0.1) is 18.0 Å². The van der Waals surface area contributed by atoms with Crippen LogP contribution in [-0.4, -0.2) is 23.7 Å². The lowest BCUT2D eigenvalue weighted by atomic mass is 10.3. The van der Waals surface area contributed by atoms with E-state index in [0.717, 1.165) is 20.7 Å². The predicted molar refractivity (Wildman–Crippen MR) is 99.2 cm³/mol. The second-order valence-electron chi connectivity index (χ2n) is 4.53. The first-order chi connectivity index (χ1) is 10.6. The Morgan fingerprint density at radius 2 is 2.09 bits per heavy atom. The number of nitrogens with zero attached hydrogens (tertiary/aromatic N) is 1. The summed E-state index contributed by atoms with van der Waals surface area (Å²) in [4.78, 5) is 3.19. The van der Waals surface area contributed by atoms with Crippen molar-refractivity contribution in [1.82, 2.24) is 4.90 Å². The molecule has 1 aromatic heterocycles. The van der Waals surface area contributed by atoms with Gasteiger partial charge >= 0.3 is 0 Å². The molecule has 0 aliphatic heterocycles. The summed E-state index contributed by atoms with van der Waals surface area (Å²) in [6, 6.07) is 11.6. The Bertz CT molecular complexity index is 640. The van der Waals surface area contributed by atoms with Gasteiger partial charge in [-0.25, -0.2) is 0 Å². The molecule has 0 aliphatic carbocycles. The molecule has 0 unspecified atom stereocenters. The summed E-state index contributed by atoms with van der Waals surface area (Å²) in [7, 11) is 1.64. The smallest absolute Gasteiger partial charge is 0.174 e. The zero-order valence-electron chi connectivity index (χ0n) is 12.2. The third-order valence-corrected chi connectivity index (χ3v) is 4.53. The van der Waals surface area contributed by atoms with Crippen molar-refractivity contribution in [2.24, 2.45) is 0 Å². The van der Waals surface area contributed by atoms with Crippen molar-refractivity contribution in [3.8, 4) is 5.75 Å². The molecule has 0 fully saturated rings. The molecule has 1 heterocycles. The molecule has 0 aliphatic rings. The number of halogens is 1. The molecule has 2 aromatic rings. The van der Waals surface area contributed by atoms with E-state index in [-0.39, 0.29) is 0 Å². The first-order valence-electron chi connectivity index (χ1n) is 6.67. The highest BCUT2D eigenvalue weighted by molar-refractivity contribution is 7.80. The van der Waals surface area contributed by atoms with Crippen molar-refractivity contribution in [3.05, 3.63) is 58.3 Å². The minimum Gasteiger partial charge on any atom is -0.497 e. The summed E-state index contributed by atoms with van der Waals surface area (Å²) in [5.41, 5.74) is 0.920. The molecule has 2 rings (SSSR count). The van der Waals surface area contributed by atoms with E-state index in [9.17, 15) is 0 Å². The Morgan fingerprint density at radius 3 is 2.64 bits per heavy atom. The van der Waals surface area contributed by atoms with Gasteiger partial charge in [0.2, 0.25) is 0 Å². The third-order valence-electron chi connectivity index (χ3n) is 2.95. The van der Waals surface area contributed by atoms with Gasteiger partial charge in [-0.2, -0.15) is 0 Å². The molecule has 3 nitrogen and oxygen atoms in total. The maximum Gasteiger partial charge on any atom is 0.174 e. The maximum atomic E-state index is 5.98. The van der Waals surface area contributed by atoms with Gasteiger partial charge in [0.1, 0.15) is 5.75 Å². The van der Waals surface area contributed by atoms with Crippen LogP contribution in [0.3, 0.4) is 0 Å². The fraction of sp³-hybridized carbons (Fsp3) is 0.188. The van der Waals surface area contributed by atoms with Crippen molar-refractivity contribution in [2.45, 2.75) is 6.54 Å². The second-order valence-corrected chi connectivity index (χ2v) is 6.72. The molecule has 116 valence electrons. The van der Waals surface area contributed by atoms with Gasteiger partial charge in [-0.15, -0.1) is 17.9 Å². The largest absolute Gasteiger partial charge is 0.497 e. The minimum atomic E-state index is 0.648. The molecule has 22 heavy (non-hydrogen) atoms. The average Bonchev–Trinajstić information content (AvgIpc) is 2.93.